The van der Waals surface area contributed by atoms with Crippen molar-refractivity contribution in [2.24, 2.45) is 0 Å². The third-order valence-corrected chi connectivity index (χ3v) is 6.83. The van der Waals surface area contributed by atoms with Crippen LogP contribution in [-0.4, -0.2) is 40.4 Å². The van der Waals surface area contributed by atoms with Crippen LogP contribution in [0.15, 0.2) is 65.1 Å². The van der Waals surface area contributed by atoms with Crippen LogP contribution in [0.2, 0.25) is 0 Å². The number of halogens is 1. The van der Waals surface area contributed by atoms with Crippen LogP contribution in [-0.2, 0) is 4.79 Å². The minimum Gasteiger partial charge on any atom is -0.454 e. The lowest BCUT2D eigenvalue weighted by molar-refractivity contribution is -0.384. The first kappa shape index (κ1) is 21.3. The third-order valence-electron chi connectivity index (χ3n) is 6.30. The molecular weight excluding hydrogens is 522 g/mol. The van der Waals surface area contributed by atoms with E-state index < -0.39 is 34.7 Å². The molecule has 0 bridgehead atoms. The number of rotatable bonds is 4. The Morgan fingerprint density at radius 3 is 2.29 bits per heavy atom. The Morgan fingerprint density at radius 1 is 0.829 bits per heavy atom. The fourth-order valence-corrected chi connectivity index (χ4v) is 4.92. The van der Waals surface area contributed by atoms with Gasteiger partial charge in [-0.3, -0.25) is 29.4 Å². The molecule has 0 saturated carbocycles. The van der Waals surface area contributed by atoms with Crippen LogP contribution in [0.3, 0.4) is 0 Å². The summed E-state index contributed by atoms with van der Waals surface area (Å²) in [4.78, 5) is 52.9. The summed E-state index contributed by atoms with van der Waals surface area (Å²) >= 11 is 3.38. The Hall–Kier alpha value is -4.25. The molecule has 0 spiro atoms. The molecule has 2 atom stereocenters. The molecule has 3 heterocycles. The number of amides is 3. The van der Waals surface area contributed by atoms with Gasteiger partial charge in [0.25, 0.3) is 23.4 Å². The van der Waals surface area contributed by atoms with Crippen LogP contribution < -0.4 is 14.4 Å². The van der Waals surface area contributed by atoms with Gasteiger partial charge >= 0.3 is 0 Å². The quantitative estimate of drug-likeness (QED) is 0.215. The van der Waals surface area contributed by atoms with Crippen molar-refractivity contribution in [1.82, 2.24) is 4.90 Å². The summed E-state index contributed by atoms with van der Waals surface area (Å²) in [5.74, 6) is -0.805. The lowest BCUT2D eigenvalue weighted by Gasteiger charge is -2.49. The number of carbonyl (C=O) groups is 3. The Morgan fingerprint density at radius 2 is 1.54 bits per heavy atom. The van der Waals surface area contributed by atoms with Gasteiger partial charge in [-0.25, -0.2) is 0 Å². The monoisotopic (exact) mass is 535 g/mol. The van der Waals surface area contributed by atoms with Gasteiger partial charge in [-0.05, 0) is 48.0 Å². The van der Waals surface area contributed by atoms with Crippen molar-refractivity contribution in [3.05, 3.63) is 91.9 Å². The summed E-state index contributed by atoms with van der Waals surface area (Å²) in [7, 11) is 0. The van der Waals surface area contributed by atoms with Gasteiger partial charge in [0.2, 0.25) is 6.79 Å². The number of nitrogens with zero attached hydrogens (tertiary/aromatic N) is 3. The van der Waals surface area contributed by atoms with E-state index in [1.54, 1.807) is 42.5 Å². The molecule has 3 aromatic carbocycles. The fraction of sp³-hybridized carbons (Fsp3) is 0.125. The zero-order valence-electron chi connectivity index (χ0n) is 17.7. The summed E-state index contributed by atoms with van der Waals surface area (Å²) in [6, 6.07) is 13.9. The van der Waals surface area contributed by atoms with E-state index in [2.05, 4.69) is 15.9 Å². The lowest BCUT2D eigenvalue weighted by atomic mass is 9.86. The first-order valence-corrected chi connectivity index (χ1v) is 11.3. The third kappa shape index (κ3) is 3.12. The van der Waals surface area contributed by atoms with E-state index in [1.807, 2.05) is 0 Å². The van der Waals surface area contributed by atoms with E-state index >= 15 is 0 Å². The minimum absolute atomic E-state index is 0.0277. The number of hydrogen-bond acceptors (Lipinski definition) is 7. The molecular formula is C24H14BrN3O7. The topological polar surface area (TPSA) is 119 Å². The molecule has 0 aromatic heterocycles. The lowest BCUT2D eigenvalue weighted by Crippen LogP contribution is -2.67. The molecule has 11 heteroatoms. The van der Waals surface area contributed by atoms with Crippen molar-refractivity contribution in [2.45, 2.75) is 12.1 Å². The Balaban J connectivity index is 1.43. The highest BCUT2D eigenvalue weighted by Crippen LogP contribution is 2.46. The number of fused-ring (bicyclic) bond motifs is 2. The van der Waals surface area contributed by atoms with Crippen molar-refractivity contribution in [1.29, 1.82) is 0 Å². The summed E-state index contributed by atoms with van der Waals surface area (Å²) in [6.45, 7) is 0.0689. The number of hydrogen-bond donors (Lipinski definition) is 0. The van der Waals surface area contributed by atoms with E-state index in [9.17, 15) is 24.5 Å². The van der Waals surface area contributed by atoms with Crippen molar-refractivity contribution >= 4 is 45.0 Å². The molecule has 0 N–H and O–H groups in total. The molecule has 3 amide bonds. The number of β-lactam (4-membered cyclic amide) rings is 1. The van der Waals surface area contributed by atoms with Crippen LogP contribution in [0.1, 0.15) is 32.3 Å². The Labute approximate surface area is 205 Å². The van der Waals surface area contributed by atoms with E-state index in [4.69, 9.17) is 9.47 Å². The predicted octanol–water partition coefficient (Wildman–Crippen LogP) is 3.84. The molecule has 3 aliphatic heterocycles. The highest BCUT2D eigenvalue weighted by Gasteiger charge is 2.57. The second-order valence-corrected chi connectivity index (χ2v) is 9.07. The average Bonchev–Trinajstić information content (AvgIpc) is 3.41. The van der Waals surface area contributed by atoms with Gasteiger partial charge in [-0.2, -0.15) is 0 Å². The van der Waals surface area contributed by atoms with Crippen molar-refractivity contribution in [3.63, 3.8) is 0 Å². The molecule has 1 saturated heterocycles. The number of imide groups is 1. The molecule has 6 rings (SSSR count). The van der Waals surface area contributed by atoms with Gasteiger partial charge < -0.3 is 14.4 Å². The summed E-state index contributed by atoms with van der Waals surface area (Å²) in [6.07, 6.45) is 0. The maximum atomic E-state index is 13.5. The van der Waals surface area contributed by atoms with Gasteiger partial charge in [0, 0.05) is 22.3 Å². The van der Waals surface area contributed by atoms with E-state index in [0.29, 0.717) is 22.7 Å². The fourth-order valence-electron chi connectivity index (χ4n) is 4.66. The molecule has 1 fully saturated rings. The van der Waals surface area contributed by atoms with E-state index in [0.717, 1.165) is 15.4 Å². The molecule has 0 aliphatic carbocycles. The summed E-state index contributed by atoms with van der Waals surface area (Å²) in [5.41, 5.74) is 0.854. The van der Waals surface area contributed by atoms with Gasteiger partial charge in [0.1, 0.15) is 6.04 Å². The molecule has 3 aromatic rings. The Bertz CT molecular complexity index is 1460. The van der Waals surface area contributed by atoms with Crippen LogP contribution in [0.25, 0.3) is 0 Å². The van der Waals surface area contributed by atoms with E-state index in [-0.39, 0.29) is 23.6 Å². The number of carbonyl (C=O) groups excluding carboxylic acids is 3. The summed E-state index contributed by atoms with van der Waals surface area (Å²) in [5, 5.41) is 11.2. The van der Waals surface area contributed by atoms with Crippen LogP contribution >= 0.6 is 15.9 Å². The second-order valence-electron chi connectivity index (χ2n) is 8.15. The number of anilines is 1. The minimum atomic E-state index is -1.13. The zero-order valence-corrected chi connectivity index (χ0v) is 19.3. The smallest absolute Gasteiger partial charge is 0.270 e. The molecule has 0 radical (unpaired) electrons. The first-order chi connectivity index (χ1) is 16.8. The normalized spacial score (nSPS) is 20.2. The molecule has 3 aliphatic rings. The highest BCUT2D eigenvalue weighted by atomic mass is 79.9. The largest absolute Gasteiger partial charge is 0.454 e. The number of non-ortho nitro benzene ring substituents is 1. The number of nitro benzene ring substituents is 1. The van der Waals surface area contributed by atoms with Gasteiger partial charge in [-0.1, -0.05) is 22.0 Å². The first-order valence-electron chi connectivity index (χ1n) is 10.5. The van der Waals surface area contributed by atoms with Gasteiger partial charge in [-0.15, -0.1) is 0 Å². The number of nitro groups is 1. The molecule has 0 unspecified atom stereocenters. The summed E-state index contributed by atoms with van der Waals surface area (Å²) < 4.78 is 11.7. The maximum absolute atomic E-state index is 13.5. The highest BCUT2D eigenvalue weighted by molar-refractivity contribution is 9.10. The predicted molar refractivity (Wildman–Crippen MR) is 124 cm³/mol. The van der Waals surface area contributed by atoms with Crippen LogP contribution in [0, 0.1) is 10.1 Å². The van der Waals surface area contributed by atoms with E-state index in [1.165, 1.54) is 17.0 Å². The average molecular weight is 536 g/mol. The SMILES string of the molecule is O=C1c2ccc([N+](=O)[O-])cc2C(=O)N1[C@H]1C(=O)N(c2ccc(Br)cc2)[C@@H]1c1ccc2c(c1)OCO2. The Kier molecular flexibility index (Phi) is 4.65. The number of benzene rings is 3. The van der Waals surface area contributed by atoms with Crippen molar-refractivity contribution in [3.8, 4) is 11.5 Å². The van der Waals surface area contributed by atoms with Crippen LogP contribution in [0.4, 0.5) is 11.4 Å². The van der Waals surface area contributed by atoms with Crippen LogP contribution in [0.5, 0.6) is 11.5 Å². The molecule has 10 nitrogen and oxygen atoms in total. The van der Waals surface area contributed by atoms with Gasteiger partial charge in [0.05, 0.1) is 22.1 Å². The molecule has 35 heavy (non-hydrogen) atoms. The van der Waals surface area contributed by atoms with Crippen molar-refractivity contribution < 1.29 is 28.8 Å². The zero-order chi connectivity index (χ0) is 24.4. The second kappa shape index (κ2) is 7.64. The number of ether oxygens (including phenoxy) is 2. The van der Waals surface area contributed by atoms with Gasteiger partial charge in [0.15, 0.2) is 11.5 Å². The van der Waals surface area contributed by atoms with Crippen molar-refractivity contribution in [2.75, 3.05) is 11.7 Å². The maximum Gasteiger partial charge on any atom is 0.270 e. The standard InChI is InChI=1S/C24H14BrN3O7/c25-13-2-4-14(5-3-13)26-20(12-1-8-18-19(9-12)35-11-34-18)21(24(26)31)27-22(29)16-7-6-15(28(32)33)10-17(16)23(27)30/h1-10,20-21H,11H2/t20-,21-/m1/s1. The molecule has 174 valence electrons.